The molecule has 164 valence electrons. The van der Waals surface area contributed by atoms with E-state index < -0.39 is 11.9 Å². The van der Waals surface area contributed by atoms with E-state index in [1.807, 2.05) is 32.0 Å². The molecule has 6 nitrogen and oxygen atoms in total. The van der Waals surface area contributed by atoms with E-state index in [2.05, 4.69) is 26.5 Å². The quantitative estimate of drug-likeness (QED) is 0.196. The topological polar surface area (TPSA) is 77.0 Å². The van der Waals surface area contributed by atoms with Crippen LogP contribution in [0.5, 0.6) is 11.5 Å². The summed E-state index contributed by atoms with van der Waals surface area (Å²) in [5.74, 6) is -0.0811. The molecule has 0 aliphatic heterocycles. The summed E-state index contributed by atoms with van der Waals surface area (Å²) in [5, 5.41) is 4.25. The van der Waals surface area contributed by atoms with Gasteiger partial charge >= 0.3 is 5.97 Å². The normalized spacial score (nSPS) is 10.8. The first kappa shape index (κ1) is 23.5. The molecule has 0 spiro atoms. The van der Waals surface area contributed by atoms with Gasteiger partial charge in [-0.25, -0.2) is 10.2 Å². The van der Waals surface area contributed by atoms with Gasteiger partial charge in [0.1, 0.15) is 11.5 Å². The molecule has 0 aliphatic rings. The molecule has 1 amide bonds. The number of esters is 1. The molecule has 0 radical (unpaired) electrons. The molecule has 0 saturated heterocycles. The highest BCUT2D eigenvalue weighted by Crippen LogP contribution is 2.25. The summed E-state index contributed by atoms with van der Waals surface area (Å²) in [6.45, 7) is 3.64. The van der Waals surface area contributed by atoms with Crippen LogP contribution in [0.15, 0.2) is 70.2 Å². The van der Waals surface area contributed by atoms with Gasteiger partial charge in [0, 0.05) is 10.0 Å². The van der Waals surface area contributed by atoms with Crippen molar-refractivity contribution in [2.75, 3.05) is 6.61 Å². The van der Waals surface area contributed by atoms with Crippen molar-refractivity contribution < 1.29 is 19.1 Å². The Balaban J connectivity index is 1.65. The van der Waals surface area contributed by atoms with Crippen LogP contribution in [0, 0.1) is 13.8 Å². The van der Waals surface area contributed by atoms with Crippen molar-refractivity contribution in [2.24, 2.45) is 5.10 Å². The van der Waals surface area contributed by atoms with Crippen molar-refractivity contribution in [1.82, 2.24) is 5.43 Å². The Bertz CT molecular complexity index is 1160. The largest absolute Gasteiger partial charge is 0.483 e. The molecule has 0 fully saturated rings. The van der Waals surface area contributed by atoms with Crippen LogP contribution >= 0.6 is 27.5 Å². The smallest absolute Gasteiger partial charge is 0.345 e. The minimum atomic E-state index is -0.599. The van der Waals surface area contributed by atoms with E-state index in [0.717, 1.165) is 15.6 Å². The van der Waals surface area contributed by atoms with E-state index >= 15 is 0 Å². The summed E-state index contributed by atoms with van der Waals surface area (Å²) in [6, 6.07) is 17.4. The lowest BCUT2D eigenvalue weighted by Crippen LogP contribution is -2.25. The highest BCUT2D eigenvalue weighted by Gasteiger charge is 2.14. The Morgan fingerprint density at radius 2 is 1.78 bits per heavy atom. The Labute approximate surface area is 199 Å². The predicted molar refractivity (Wildman–Crippen MR) is 128 cm³/mol. The number of halogens is 2. The Kier molecular flexibility index (Phi) is 8.03. The molecule has 3 rings (SSSR count). The fourth-order valence-electron chi connectivity index (χ4n) is 2.87. The minimum absolute atomic E-state index is 0.185. The number of amides is 1. The van der Waals surface area contributed by atoms with Gasteiger partial charge in [0.05, 0.1) is 16.8 Å². The number of ether oxygens (including phenoxy) is 2. The first-order valence-electron chi connectivity index (χ1n) is 9.62. The van der Waals surface area contributed by atoms with Gasteiger partial charge in [0.15, 0.2) is 6.61 Å². The molecule has 0 saturated carbocycles. The van der Waals surface area contributed by atoms with Crippen molar-refractivity contribution in [3.63, 3.8) is 0 Å². The lowest BCUT2D eigenvalue weighted by atomic mass is 10.1. The minimum Gasteiger partial charge on any atom is -0.483 e. The fraction of sp³-hybridized carbons (Fsp3) is 0.125. The van der Waals surface area contributed by atoms with Gasteiger partial charge in [-0.1, -0.05) is 57.9 Å². The third-order valence-electron chi connectivity index (χ3n) is 4.42. The molecular formula is C24H20BrClN2O4. The number of nitrogens with one attached hydrogen (secondary N) is 1. The van der Waals surface area contributed by atoms with Crippen molar-refractivity contribution in [3.05, 3.63) is 92.4 Å². The van der Waals surface area contributed by atoms with E-state index in [0.29, 0.717) is 16.3 Å². The average molecular weight is 516 g/mol. The number of hydrazone groups is 1. The molecule has 0 heterocycles. The fourth-order valence-corrected chi connectivity index (χ4v) is 3.46. The van der Waals surface area contributed by atoms with Crippen LogP contribution in [0.3, 0.4) is 0 Å². The summed E-state index contributed by atoms with van der Waals surface area (Å²) in [4.78, 5) is 24.6. The highest BCUT2D eigenvalue weighted by atomic mass is 79.9. The Morgan fingerprint density at radius 1 is 1.06 bits per heavy atom. The van der Waals surface area contributed by atoms with Crippen LogP contribution < -0.4 is 14.9 Å². The molecule has 0 aromatic heterocycles. The Hall–Kier alpha value is -3.16. The number of benzene rings is 3. The lowest BCUT2D eigenvalue weighted by molar-refractivity contribution is -0.123. The molecule has 0 bridgehead atoms. The predicted octanol–water partition coefficient (Wildman–Crippen LogP) is 5.47. The molecule has 0 atom stereocenters. The highest BCUT2D eigenvalue weighted by molar-refractivity contribution is 9.10. The maximum Gasteiger partial charge on any atom is 0.345 e. The van der Waals surface area contributed by atoms with Crippen LogP contribution in [0.4, 0.5) is 0 Å². The summed E-state index contributed by atoms with van der Waals surface area (Å²) >= 11 is 9.44. The van der Waals surface area contributed by atoms with Crippen LogP contribution in [-0.4, -0.2) is 24.7 Å². The number of carbonyl (C=O) groups excluding carboxylic acids is 2. The molecule has 1 N–H and O–H groups in total. The van der Waals surface area contributed by atoms with Crippen molar-refractivity contribution in [2.45, 2.75) is 13.8 Å². The summed E-state index contributed by atoms with van der Waals surface area (Å²) in [7, 11) is 0. The van der Waals surface area contributed by atoms with Crippen LogP contribution in [0.25, 0.3) is 0 Å². The zero-order valence-corrected chi connectivity index (χ0v) is 19.7. The van der Waals surface area contributed by atoms with Crippen LogP contribution in [0.1, 0.15) is 27.0 Å². The van der Waals surface area contributed by atoms with E-state index in [1.54, 1.807) is 42.5 Å². The first-order chi connectivity index (χ1) is 15.3. The van der Waals surface area contributed by atoms with Gasteiger partial charge in [-0.05, 0) is 55.3 Å². The van der Waals surface area contributed by atoms with Crippen molar-refractivity contribution >= 4 is 45.6 Å². The van der Waals surface area contributed by atoms with Gasteiger partial charge in [-0.15, -0.1) is 0 Å². The van der Waals surface area contributed by atoms with E-state index in [-0.39, 0.29) is 17.9 Å². The number of hydrogen-bond acceptors (Lipinski definition) is 5. The second kappa shape index (κ2) is 10.9. The van der Waals surface area contributed by atoms with Gasteiger partial charge in [0.25, 0.3) is 5.91 Å². The van der Waals surface area contributed by atoms with E-state index in [1.165, 1.54) is 6.21 Å². The maximum atomic E-state index is 12.5. The number of carbonyl (C=O) groups is 2. The molecular weight excluding hydrogens is 496 g/mol. The molecule has 8 heteroatoms. The maximum absolute atomic E-state index is 12.5. The van der Waals surface area contributed by atoms with Gasteiger partial charge < -0.3 is 9.47 Å². The summed E-state index contributed by atoms with van der Waals surface area (Å²) in [5.41, 5.74) is 5.03. The zero-order chi connectivity index (χ0) is 23.1. The monoisotopic (exact) mass is 514 g/mol. The zero-order valence-electron chi connectivity index (χ0n) is 17.4. The molecule has 0 aliphatic carbocycles. The third kappa shape index (κ3) is 6.18. The number of rotatable bonds is 7. The molecule has 3 aromatic carbocycles. The van der Waals surface area contributed by atoms with E-state index in [9.17, 15) is 9.59 Å². The number of hydrogen-bond donors (Lipinski definition) is 1. The van der Waals surface area contributed by atoms with Crippen molar-refractivity contribution in [1.29, 1.82) is 0 Å². The summed E-state index contributed by atoms with van der Waals surface area (Å²) in [6.07, 6.45) is 1.39. The molecule has 0 unspecified atom stereocenters. The molecule has 3 aromatic rings. The van der Waals surface area contributed by atoms with Crippen molar-refractivity contribution in [3.8, 4) is 11.5 Å². The van der Waals surface area contributed by atoms with Gasteiger partial charge in [0.2, 0.25) is 0 Å². The average Bonchev–Trinajstić information content (AvgIpc) is 2.75. The second-order valence-electron chi connectivity index (χ2n) is 6.85. The van der Waals surface area contributed by atoms with Gasteiger partial charge in [-0.3, -0.25) is 4.79 Å². The summed E-state index contributed by atoms with van der Waals surface area (Å²) < 4.78 is 11.8. The number of nitrogens with zero attached hydrogens (tertiary/aromatic N) is 1. The Morgan fingerprint density at radius 3 is 2.50 bits per heavy atom. The number of aryl methyl sites for hydroxylation is 2. The third-order valence-corrected chi connectivity index (χ3v) is 5.24. The molecule has 32 heavy (non-hydrogen) atoms. The van der Waals surface area contributed by atoms with Gasteiger partial charge in [-0.2, -0.15) is 5.10 Å². The van der Waals surface area contributed by atoms with Crippen LogP contribution in [0.2, 0.25) is 5.02 Å². The van der Waals surface area contributed by atoms with E-state index in [4.69, 9.17) is 21.1 Å². The lowest BCUT2D eigenvalue weighted by Gasteiger charge is -2.11. The van der Waals surface area contributed by atoms with Crippen LogP contribution in [-0.2, 0) is 4.79 Å². The number of para-hydroxylation sites is 1. The SMILES string of the molecule is Cc1cccc(C)c1OCC(=O)NN=Cc1cc(Br)ccc1OC(=O)c1ccccc1Cl. The second-order valence-corrected chi connectivity index (χ2v) is 8.18. The standard InChI is InChI=1S/C24H20BrClN2O4/c1-15-6-5-7-16(2)23(15)31-14-22(29)28-27-13-17-12-18(25)10-11-21(17)32-24(30)19-8-3-4-9-20(19)26/h3-13H,14H2,1-2H3,(H,28,29). The first-order valence-corrected chi connectivity index (χ1v) is 10.8.